The molecule has 0 unspecified atom stereocenters. The molecule has 1 aromatic heterocycles. The van der Waals surface area contributed by atoms with Crippen molar-refractivity contribution in [3.63, 3.8) is 0 Å². The second kappa shape index (κ2) is 5.79. The highest BCUT2D eigenvalue weighted by Gasteiger charge is 2.09. The Morgan fingerprint density at radius 1 is 1.37 bits per heavy atom. The number of hydrogen-bond acceptors (Lipinski definition) is 5. The van der Waals surface area contributed by atoms with E-state index in [0.29, 0.717) is 5.89 Å². The van der Waals surface area contributed by atoms with E-state index in [1.54, 1.807) is 6.92 Å². The van der Waals surface area contributed by atoms with Crippen molar-refractivity contribution in [1.82, 2.24) is 10.2 Å². The second-order valence-corrected chi connectivity index (χ2v) is 4.48. The van der Waals surface area contributed by atoms with Gasteiger partial charge in [0, 0.05) is 18.7 Å². The largest absolute Gasteiger partial charge is 0.416 e. The lowest BCUT2D eigenvalue weighted by atomic mass is 10.3. The molecule has 0 bridgehead atoms. The number of nitrogens with one attached hydrogen (secondary N) is 1. The molecule has 1 aromatic carbocycles. The van der Waals surface area contributed by atoms with E-state index in [-0.39, 0.29) is 22.6 Å². The number of carbonyl (C=O) groups is 1. The fourth-order valence-corrected chi connectivity index (χ4v) is 1.84. The van der Waals surface area contributed by atoms with Gasteiger partial charge in [-0.15, -0.1) is 10.2 Å². The zero-order valence-electron chi connectivity index (χ0n) is 9.81. The smallest absolute Gasteiger partial charge is 0.277 e. The molecule has 2 rings (SSSR count). The Bertz CT molecular complexity index is 603. The van der Waals surface area contributed by atoms with Crippen LogP contribution in [0.15, 0.2) is 27.8 Å². The van der Waals surface area contributed by atoms with Gasteiger partial charge in [0.05, 0.1) is 5.75 Å². The fourth-order valence-electron chi connectivity index (χ4n) is 1.23. The molecule has 0 radical (unpaired) electrons. The minimum absolute atomic E-state index is 0.0284. The Morgan fingerprint density at radius 2 is 2.16 bits per heavy atom. The van der Waals surface area contributed by atoms with E-state index in [2.05, 4.69) is 15.5 Å². The van der Waals surface area contributed by atoms with Crippen molar-refractivity contribution in [2.45, 2.75) is 12.1 Å². The zero-order valence-corrected chi connectivity index (χ0v) is 10.6. The number of amides is 1. The summed E-state index contributed by atoms with van der Waals surface area (Å²) in [5.41, 5.74) is 0.186. The van der Waals surface area contributed by atoms with Crippen molar-refractivity contribution in [2.24, 2.45) is 0 Å². The Hall–Kier alpha value is -1.96. The molecule has 100 valence electrons. The predicted octanol–water partition coefficient (Wildman–Crippen LogP) is 2.39. The first-order chi connectivity index (χ1) is 9.04. The summed E-state index contributed by atoms with van der Waals surface area (Å²) in [6.45, 7) is 1.64. The van der Waals surface area contributed by atoms with Crippen LogP contribution in [-0.2, 0) is 4.79 Å². The number of rotatable bonds is 4. The monoisotopic (exact) mass is 285 g/mol. The Balaban J connectivity index is 1.88. The van der Waals surface area contributed by atoms with Crippen LogP contribution in [0.1, 0.15) is 5.89 Å². The maximum atomic E-state index is 12.9. The van der Waals surface area contributed by atoms with Gasteiger partial charge in [0.25, 0.3) is 5.22 Å². The van der Waals surface area contributed by atoms with E-state index < -0.39 is 11.6 Å². The summed E-state index contributed by atoms with van der Waals surface area (Å²) in [5, 5.41) is 10.0. The van der Waals surface area contributed by atoms with Crippen LogP contribution in [0.5, 0.6) is 0 Å². The molecule has 0 atom stereocenters. The number of benzene rings is 1. The van der Waals surface area contributed by atoms with Gasteiger partial charge < -0.3 is 9.73 Å². The van der Waals surface area contributed by atoms with Gasteiger partial charge in [-0.2, -0.15) is 0 Å². The molecule has 1 N–H and O–H groups in total. The van der Waals surface area contributed by atoms with Gasteiger partial charge in [-0.1, -0.05) is 11.8 Å². The number of carbonyl (C=O) groups excluding carboxylic acids is 1. The lowest BCUT2D eigenvalue weighted by Gasteiger charge is -2.04. The molecule has 0 saturated heterocycles. The molecule has 0 aliphatic heterocycles. The summed E-state index contributed by atoms with van der Waals surface area (Å²) in [6.07, 6.45) is 0. The summed E-state index contributed by atoms with van der Waals surface area (Å²) in [6, 6.07) is 3.13. The van der Waals surface area contributed by atoms with E-state index >= 15 is 0 Å². The minimum Gasteiger partial charge on any atom is -0.416 e. The van der Waals surface area contributed by atoms with Crippen LogP contribution in [0.4, 0.5) is 14.5 Å². The van der Waals surface area contributed by atoms with Crippen LogP contribution < -0.4 is 5.32 Å². The summed E-state index contributed by atoms with van der Waals surface area (Å²) in [7, 11) is 0. The lowest BCUT2D eigenvalue weighted by Crippen LogP contribution is -2.14. The molecule has 0 saturated carbocycles. The quantitative estimate of drug-likeness (QED) is 0.874. The van der Waals surface area contributed by atoms with E-state index in [9.17, 15) is 13.6 Å². The number of nitrogens with zero attached hydrogens (tertiary/aromatic N) is 2. The number of anilines is 1. The summed E-state index contributed by atoms with van der Waals surface area (Å²) < 4.78 is 30.7. The van der Waals surface area contributed by atoms with Gasteiger partial charge in [-0.3, -0.25) is 4.79 Å². The Morgan fingerprint density at radius 3 is 2.79 bits per heavy atom. The second-order valence-electron chi connectivity index (χ2n) is 3.55. The van der Waals surface area contributed by atoms with E-state index in [1.165, 1.54) is 6.07 Å². The minimum atomic E-state index is -1.02. The molecule has 1 amide bonds. The fraction of sp³-hybridized carbons (Fsp3) is 0.182. The number of halogens is 2. The summed E-state index contributed by atoms with van der Waals surface area (Å²) in [4.78, 5) is 11.6. The average molecular weight is 285 g/mol. The number of thioether (sulfide) groups is 1. The predicted molar refractivity (Wildman–Crippen MR) is 64.7 cm³/mol. The highest BCUT2D eigenvalue weighted by molar-refractivity contribution is 7.99. The SMILES string of the molecule is Cc1nnc(SCC(=O)Nc2ccc(F)c(F)c2)o1. The summed E-state index contributed by atoms with van der Waals surface area (Å²) >= 11 is 1.06. The normalized spacial score (nSPS) is 10.5. The van der Waals surface area contributed by atoms with Gasteiger partial charge in [0.1, 0.15) is 0 Å². The number of aromatic nitrogens is 2. The van der Waals surface area contributed by atoms with E-state index in [4.69, 9.17) is 4.42 Å². The Kier molecular flexibility index (Phi) is 4.10. The topological polar surface area (TPSA) is 68.0 Å². The molecule has 1 heterocycles. The van der Waals surface area contributed by atoms with Gasteiger partial charge >= 0.3 is 0 Å². The maximum Gasteiger partial charge on any atom is 0.277 e. The standard InChI is InChI=1S/C11H9F2N3O2S/c1-6-15-16-11(18-6)19-5-10(17)14-7-2-3-8(12)9(13)4-7/h2-4H,5H2,1H3,(H,14,17). The third kappa shape index (κ3) is 3.75. The van der Waals surface area contributed by atoms with Crippen LogP contribution in [0, 0.1) is 18.6 Å². The first-order valence-electron chi connectivity index (χ1n) is 5.22. The molecule has 2 aromatic rings. The van der Waals surface area contributed by atoms with Crippen LogP contribution in [0.3, 0.4) is 0 Å². The first kappa shape index (κ1) is 13.5. The third-order valence-corrected chi connectivity index (χ3v) is 2.86. The van der Waals surface area contributed by atoms with Crippen molar-refractivity contribution >= 4 is 23.4 Å². The number of hydrogen-bond donors (Lipinski definition) is 1. The van der Waals surface area contributed by atoms with E-state index in [1.807, 2.05) is 0 Å². The molecule has 8 heteroatoms. The molecule has 0 fully saturated rings. The maximum absolute atomic E-state index is 12.9. The highest BCUT2D eigenvalue weighted by atomic mass is 32.2. The molecule has 5 nitrogen and oxygen atoms in total. The molecule has 0 spiro atoms. The number of aryl methyl sites for hydroxylation is 1. The van der Waals surface area contributed by atoms with Crippen LogP contribution >= 0.6 is 11.8 Å². The lowest BCUT2D eigenvalue weighted by molar-refractivity contribution is -0.113. The van der Waals surface area contributed by atoms with Crippen molar-refractivity contribution in [3.8, 4) is 0 Å². The molecule has 0 aliphatic carbocycles. The van der Waals surface area contributed by atoms with Crippen molar-refractivity contribution in [1.29, 1.82) is 0 Å². The van der Waals surface area contributed by atoms with E-state index in [0.717, 1.165) is 23.9 Å². The highest BCUT2D eigenvalue weighted by Crippen LogP contribution is 2.17. The van der Waals surface area contributed by atoms with Crippen LogP contribution in [0.25, 0.3) is 0 Å². The van der Waals surface area contributed by atoms with Gasteiger partial charge in [0.2, 0.25) is 11.8 Å². The Labute approximate surface area is 111 Å². The van der Waals surface area contributed by atoms with Crippen LogP contribution in [-0.4, -0.2) is 21.9 Å². The van der Waals surface area contributed by atoms with Crippen molar-refractivity contribution in [3.05, 3.63) is 35.7 Å². The molecular weight excluding hydrogens is 276 g/mol. The van der Waals surface area contributed by atoms with Gasteiger partial charge in [-0.25, -0.2) is 8.78 Å². The zero-order chi connectivity index (χ0) is 13.8. The molecular formula is C11H9F2N3O2S. The van der Waals surface area contributed by atoms with Crippen molar-refractivity contribution in [2.75, 3.05) is 11.1 Å². The van der Waals surface area contributed by atoms with Crippen LogP contribution in [0.2, 0.25) is 0 Å². The third-order valence-electron chi connectivity index (χ3n) is 2.04. The molecule has 19 heavy (non-hydrogen) atoms. The van der Waals surface area contributed by atoms with Gasteiger partial charge in [-0.05, 0) is 12.1 Å². The molecule has 0 aliphatic rings. The first-order valence-corrected chi connectivity index (χ1v) is 6.21. The van der Waals surface area contributed by atoms with Crippen molar-refractivity contribution < 1.29 is 18.0 Å². The van der Waals surface area contributed by atoms with Gasteiger partial charge in [0.15, 0.2) is 11.6 Å². The summed E-state index contributed by atoms with van der Waals surface area (Å²) in [5.74, 6) is -1.93. The average Bonchev–Trinajstić information content (AvgIpc) is 2.77.